The Hall–Kier alpha value is -1.72. The quantitative estimate of drug-likeness (QED) is 0.626. The van der Waals surface area contributed by atoms with Gasteiger partial charge in [-0.2, -0.15) is 4.98 Å². The van der Waals surface area contributed by atoms with E-state index in [1.165, 1.54) is 17.0 Å². The number of halogens is 2. The summed E-state index contributed by atoms with van der Waals surface area (Å²) in [7, 11) is 0. The van der Waals surface area contributed by atoms with Gasteiger partial charge in [-0.1, -0.05) is 6.92 Å². The average molecular weight is 323 g/mol. The topological polar surface area (TPSA) is 35.0 Å². The van der Waals surface area contributed by atoms with Crippen LogP contribution in [0.15, 0.2) is 24.3 Å². The highest BCUT2D eigenvalue weighted by atomic mass is 35.5. The Kier molecular flexibility index (Phi) is 3.78. The second-order valence-corrected chi connectivity index (χ2v) is 6.05. The Morgan fingerprint density at radius 1 is 1.29 bits per heavy atom. The maximum absolute atomic E-state index is 13.2. The van der Waals surface area contributed by atoms with Gasteiger partial charge in [-0.15, -0.1) is 11.3 Å². The van der Waals surface area contributed by atoms with E-state index in [0.717, 1.165) is 16.6 Å². The molecule has 2 heterocycles. The zero-order valence-corrected chi connectivity index (χ0v) is 13.1. The molecular weight excluding hydrogens is 311 g/mol. The maximum Gasteiger partial charge on any atom is 0.232 e. The number of fused-ring (bicyclic) bond motifs is 1. The van der Waals surface area contributed by atoms with Crippen LogP contribution in [0.5, 0.6) is 11.6 Å². The zero-order chi connectivity index (χ0) is 15.0. The second kappa shape index (κ2) is 5.58. The highest BCUT2D eigenvalue weighted by Crippen LogP contribution is 2.34. The molecule has 0 aliphatic rings. The molecule has 0 saturated carbocycles. The van der Waals surface area contributed by atoms with Crippen LogP contribution in [-0.2, 0) is 6.42 Å². The van der Waals surface area contributed by atoms with Crippen LogP contribution in [0.2, 0.25) is 5.28 Å². The molecule has 108 valence electrons. The first-order valence-electron chi connectivity index (χ1n) is 6.46. The van der Waals surface area contributed by atoms with Crippen LogP contribution in [0.1, 0.15) is 17.4 Å². The van der Waals surface area contributed by atoms with E-state index < -0.39 is 0 Å². The third kappa shape index (κ3) is 2.84. The fourth-order valence-corrected chi connectivity index (χ4v) is 3.17. The van der Waals surface area contributed by atoms with Crippen LogP contribution in [-0.4, -0.2) is 9.97 Å². The lowest BCUT2D eigenvalue weighted by atomic mass is 10.2. The summed E-state index contributed by atoms with van der Waals surface area (Å²) < 4.78 is 19.0. The molecule has 0 radical (unpaired) electrons. The smallest absolute Gasteiger partial charge is 0.232 e. The zero-order valence-electron chi connectivity index (χ0n) is 11.5. The van der Waals surface area contributed by atoms with Crippen molar-refractivity contribution in [2.45, 2.75) is 20.3 Å². The van der Waals surface area contributed by atoms with Gasteiger partial charge in [0.1, 0.15) is 16.4 Å². The van der Waals surface area contributed by atoms with Crippen molar-refractivity contribution in [3.8, 4) is 11.6 Å². The summed E-state index contributed by atoms with van der Waals surface area (Å²) in [5.74, 6) is 0.655. The van der Waals surface area contributed by atoms with E-state index in [1.54, 1.807) is 24.3 Å². The maximum atomic E-state index is 13.2. The van der Waals surface area contributed by atoms with Crippen LogP contribution in [0.3, 0.4) is 0 Å². The van der Waals surface area contributed by atoms with E-state index in [9.17, 15) is 4.39 Å². The van der Waals surface area contributed by atoms with Crippen molar-refractivity contribution in [1.82, 2.24) is 9.97 Å². The Balaban J connectivity index is 2.08. The third-order valence-corrected chi connectivity index (χ3v) is 4.42. The van der Waals surface area contributed by atoms with E-state index in [1.807, 2.05) is 6.07 Å². The number of hydrogen-bond acceptors (Lipinski definition) is 4. The Morgan fingerprint density at radius 2 is 2.10 bits per heavy atom. The lowest BCUT2D eigenvalue weighted by Gasteiger charge is -2.08. The molecule has 0 fully saturated rings. The lowest BCUT2D eigenvalue weighted by molar-refractivity contribution is 0.463. The summed E-state index contributed by atoms with van der Waals surface area (Å²) in [6.07, 6.45) is 0.910. The van der Waals surface area contributed by atoms with Gasteiger partial charge in [0.2, 0.25) is 11.2 Å². The molecule has 0 atom stereocenters. The van der Waals surface area contributed by atoms with Crippen molar-refractivity contribution in [3.63, 3.8) is 0 Å². The van der Waals surface area contributed by atoms with Crippen molar-refractivity contribution in [2.75, 3.05) is 0 Å². The summed E-state index contributed by atoms with van der Waals surface area (Å²) in [5, 5.41) is 0.965. The number of rotatable bonds is 3. The summed E-state index contributed by atoms with van der Waals surface area (Å²) in [6, 6.07) is 6.36. The molecule has 6 heteroatoms. The summed E-state index contributed by atoms with van der Waals surface area (Å²) in [6.45, 7) is 3.86. The van der Waals surface area contributed by atoms with Crippen molar-refractivity contribution in [3.05, 3.63) is 45.8 Å². The molecule has 3 nitrogen and oxygen atoms in total. The molecular formula is C15H12ClFN2OS. The summed E-state index contributed by atoms with van der Waals surface area (Å²) >= 11 is 7.52. The molecule has 0 aliphatic heterocycles. The number of aryl methyl sites for hydroxylation is 2. The first kappa shape index (κ1) is 14.2. The van der Waals surface area contributed by atoms with Gasteiger partial charge in [0.25, 0.3) is 0 Å². The third-order valence-electron chi connectivity index (χ3n) is 3.07. The van der Waals surface area contributed by atoms with Crippen molar-refractivity contribution < 1.29 is 9.13 Å². The Morgan fingerprint density at radius 3 is 2.81 bits per heavy atom. The van der Waals surface area contributed by atoms with E-state index >= 15 is 0 Å². The predicted octanol–water partition coefficient (Wildman–Crippen LogP) is 5.15. The van der Waals surface area contributed by atoms with Gasteiger partial charge < -0.3 is 4.74 Å². The van der Waals surface area contributed by atoms with E-state index in [2.05, 4.69) is 16.9 Å². The molecule has 0 amide bonds. The molecule has 0 unspecified atom stereocenters. The van der Waals surface area contributed by atoms with Crippen molar-refractivity contribution >= 4 is 33.2 Å². The van der Waals surface area contributed by atoms with Crippen LogP contribution in [0.4, 0.5) is 4.39 Å². The lowest BCUT2D eigenvalue weighted by Crippen LogP contribution is -1.93. The van der Waals surface area contributed by atoms with E-state index in [-0.39, 0.29) is 11.1 Å². The largest absolute Gasteiger partial charge is 0.438 e. The van der Waals surface area contributed by atoms with Crippen LogP contribution in [0.25, 0.3) is 10.2 Å². The fourth-order valence-electron chi connectivity index (χ4n) is 2.00. The van der Waals surface area contributed by atoms with Gasteiger partial charge in [-0.05, 0) is 54.8 Å². The number of nitrogens with zero attached hydrogens (tertiary/aromatic N) is 2. The van der Waals surface area contributed by atoms with Crippen molar-refractivity contribution in [2.24, 2.45) is 0 Å². The Bertz CT molecular complexity index is 819. The molecule has 3 rings (SSSR count). The Labute approximate surface area is 130 Å². The highest BCUT2D eigenvalue weighted by molar-refractivity contribution is 7.18. The number of ether oxygens (including phenoxy) is 1. The number of aromatic nitrogens is 2. The minimum absolute atomic E-state index is 0.141. The van der Waals surface area contributed by atoms with Gasteiger partial charge in [-0.25, -0.2) is 9.37 Å². The molecule has 0 saturated heterocycles. The van der Waals surface area contributed by atoms with E-state index in [0.29, 0.717) is 17.2 Å². The van der Waals surface area contributed by atoms with Gasteiger partial charge >= 0.3 is 0 Å². The van der Waals surface area contributed by atoms with Crippen LogP contribution >= 0.6 is 22.9 Å². The van der Waals surface area contributed by atoms with Crippen molar-refractivity contribution in [1.29, 1.82) is 0 Å². The monoisotopic (exact) mass is 322 g/mol. The minimum atomic E-state index is -0.297. The molecule has 21 heavy (non-hydrogen) atoms. The number of hydrogen-bond donors (Lipinski definition) is 0. The molecule has 1 aromatic carbocycles. The minimum Gasteiger partial charge on any atom is -0.438 e. The first-order chi connectivity index (χ1) is 10.1. The number of thiophene rings is 1. The standard InChI is InChI=1S/C15H12ClFN2OS/c1-3-10-7-11-13(18-15(16)19-14(11)21-10)20-12-5-4-9(17)6-8(12)2/h4-7H,3H2,1-2H3. The van der Waals surface area contributed by atoms with Gasteiger partial charge in [-0.3, -0.25) is 0 Å². The molecule has 0 spiro atoms. The SMILES string of the molecule is CCc1cc2c(Oc3ccc(F)cc3C)nc(Cl)nc2s1. The van der Waals surface area contributed by atoms with Crippen LogP contribution < -0.4 is 4.74 Å². The first-order valence-corrected chi connectivity index (χ1v) is 7.66. The molecule has 3 aromatic rings. The summed E-state index contributed by atoms with van der Waals surface area (Å²) in [5.41, 5.74) is 0.698. The molecule has 0 bridgehead atoms. The normalized spacial score (nSPS) is 11.0. The summed E-state index contributed by atoms with van der Waals surface area (Å²) in [4.78, 5) is 10.3. The number of benzene rings is 1. The van der Waals surface area contributed by atoms with E-state index in [4.69, 9.17) is 16.3 Å². The average Bonchev–Trinajstić information content (AvgIpc) is 2.85. The molecule has 0 aliphatic carbocycles. The fraction of sp³-hybridized carbons (Fsp3) is 0.200. The van der Waals surface area contributed by atoms with Gasteiger partial charge in [0, 0.05) is 4.88 Å². The van der Waals surface area contributed by atoms with Gasteiger partial charge in [0.15, 0.2) is 0 Å². The predicted molar refractivity (Wildman–Crippen MR) is 83.0 cm³/mol. The highest BCUT2D eigenvalue weighted by Gasteiger charge is 2.13. The van der Waals surface area contributed by atoms with Gasteiger partial charge in [0.05, 0.1) is 5.39 Å². The molecule has 0 N–H and O–H groups in total. The second-order valence-electron chi connectivity index (χ2n) is 4.59. The molecule has 2 aromatic heterocycles. The van der Waals surface area contributed by atoms with Crippen LogP contribution in [0, 0.1) is 12.7 Å².